The Morgan fingerprint density at radius 2 is 2.00 bits per heavy atom. The molecule has 0 unspecified atom stereocenters. The molecule has 0 aliphatic carbocycles. The van der Waals surface area contributed by atoms with E-state index in [1.807, 2.05) is 0 Å². The summed E-state index contributed by atoms with van der Waals surface area (Å²) in [5.74, 6) is 1.63. The predicted octanol–water partition coefficient (Wildman–Crippen LogP) is 3.37. The maximum Gasteiger partial charge on any atom is 0.112 e. The summed E-state index contributed by atoms with van der Waals surface area (Å²) in [6.07, 6.45) is 4.69. The van der Waals surface area contributed by atoms with E-state index in [9.17, 15) is 0 Å². The van der Waals surface area contributed by atoms with Crippen molar-refractivity contribution >= 4 is 11.0 Å². The van der Waals surface area contributed by atoms with Crippen LogP contribution in [0.1, 0.15) is 50.4 Å². The average Bonchev–Trinajstić information content (AvgIpc) is 2.72. The van der Waals surface area contributed by atoms with Crippen molar-refractivity contribution in [3.63, 3.8) is 0 Å². The molecule has 0 aliphatic rings. The maximum absolute atomic E-state index is 5.52. The molecular formula is C16H25N3. The third-order valence-corrected chi connectivity index (χ3v) is 3.67. The quantitative estimate of drug-likeness (QED) is 0.808. The monoisotopic (exact) mass is 259 g/mol. The molecule has 2 N–H and O–H groups in total. The number of nitrogens with zero attached hydrogens (tertiary/aromatic N) is 2. The van der Waals surface area contributed by atoms with Gasteiger partial charge < -0.3 is 10.3 Å². The van der Waals surface area contributed by atoms with Gasteiger partial charge in [-0.25, -0.2) is 4.98 Å². The zero-order valence-corrected chi connectivity index (χ0v) is 12.3. The highest BCUT2D eigenvalue weighted by Crippen LogP contribution is 2.22. The Morgan fingerprint density at radius 3 is 2.68 bits per heavy atom. The number of hydrogen-bond acceptors (Lipinski definition) is 2. The van der Waals surface area contributed by atoms with Gasteiger partial charge in [0, 0.05) is 13.0 Å². The smallest absolute Gasteiger partial charge is 0.112 e. The second-order valence-electron chi connectivity index (χ2n) is 5.61. The lowest BCUT2D eigenvalue weighted by molar-refractivity contribution is 0.687. The van der Waals surface area contributed by atoms with Crippen molar-refractivity contribution in [3.8, 4) is 0 Å². The molecule has 3 heteroatoms. The van der Waals surface area contributed by atoms with Crippen molar-refractivity contribution in [1.82, 2.24) is 9.55 Å². The highest BCUT2D eigenvalue weighted by Gasteiger charge is 2.10. The van der Waals surface area contributed by atoms with Crippen molar-refractivity contribution in [2.75, 3.05) is 6.54 Å². The Kier molecular flexibility index (Phi) is 4.59. The Labute approximate surface area is 115 Å². The number of aryl methyl sites for hydroxylation is 2. The van der Waals surface area contributed by atoms with Crippen LogP contribution in [-0.2, 0) is 13.5 Å². The Bertz CT molecular complexity index is 540. The third-order valence-electron chi connectivity index (χ3n) is 3.67. The zero-order valence-electron chi connectivity index (χ0n) is 12.3. The fourth-order valence-electron chi connectivity index (χ4n) is 2.59. The molecule has 0 amide bonds. The predicted molar refractivity (Wildman–Crippen MR) is 81.4 cm³/mol. The van der Waals surface area contributed by atoms with Gasteiger partial charge in [-0.05, 0) is 43.5 Å². The topological polar surface area (TPSA) is 43.8 Å². The SMILES string of the molecule is CC(C)c1nc2cc(CCCCCN)ccc2n1C. The van der Waals surface area contributed by atoms with Gasteiger partial charge in [0.05, 0.1) is 11.0 Å². The molecule has 104 valence electrons. The third kappa shape index (κ3) is 3.16. The second-order valence-corrected chi connectivity index (χ2v) is 5.61. The van der Waals surface area contributed by atoms with E-state index in [1.54, 1.807) is 0 Å². The first-order chi connectivity index (χ1) is 9.13. The average molecular weight is 259 g/mol. The van der Waals surface area contributed by atoms with Crippen LogP contribution in [-0.4, -0.2) is 16.1 Å². The Balaban J connectivity index is 2.16. The van der Waals surface area contributed by atoms with Crippen LogP contribution in [0.15, 0.2) is 18.2 Å². The van der Waals surface area contributed by atoms with E-state index in [0.29, 0.717) is 5.92 Å². The first kappa shape index (κ1) is 14.1. The number of fused-ring (bicyclic) bond motifs is 1. The van der Waals surface area contributed by atoms with E-state index in [-0.39, 0.29) is 0 Å². The molecule has 0 bridgehead atoms. The van der Waals surface area contributed by atoms with Crippen LogP contribution in [0.25, 0.3) is 11.0 Å². The van der Waals surface area contributed by atoms with E-state index in [2.05, 4.69) is 43.7 Å². The van der Waals surface area contributed by atoms with Gasteiger partial charge in [0.15, 0.2) is 0 Å². The summed E-state index contributed by atoms with van der Waals surface area (Å²) in [6, 6.07) is 6.67. The first-order valence-corrected chi connectivity index (χ1v) is 7.28. The lowest BCUT2D eigenvalue weighted by Crippen LogP contribution is -1.99. The highest BCUT2D eigenvalue weighted by atomic mass is 15.1. The van der Waals surface area contributed by atoms with Crippen LogP contribution in [0, 0.1) is 0 Å². The van der Waals surface area contributed by atoms with Crippen LogP contribution in [0.4, 0.5) is 0 Å². The number of aromatic nitrogens is 2. The molecule has 3 nitrogen and oxygen atoms in total. The largest absolute Gasteiger partial charge is 0.331 e. The van der Waals surface area contributed by atoms with Gasteiger partial charge in [-0.2, -0.15) is 0 Å². The van der Waals surface area contributed by atoms with Crippen molar-refractivity contribution in [2.45, 2.75) is 45.4 Å². The van der Waals surface area contributed by atoms with Gasteiger partial charge in [-0.1, -0.05) is 26.3 Å². The van der Waals surface area contributed by atoms with Crippen molar-refractivity contribution in [3.05, 3.63) is 29.6 Å². The molecule has 0 saturated heterocycles. The number of unbranched alkanes of at least 4 members (excludes halogenated alkanes) is 2. The summed E-state index contributed by atoms with van der Waals surface area (Å²) < 4.78 is 2.21. The lowest BCUT2D eigenvalue weighted by atomic mass is 10.1. The van der Waals surface area contributed by atoms with Crippen LogP contribution in [0.3, 0.4) is 0 Å². The highest BCUT2D eigenvalue weighted by molar-refractivity contribution is 5.77. The summed E-state index contributed by atoms with van der Waals surface area (Å²) in [7, 11) is 2.10. The van der Waals surface area contributed by atoms with Crippen LogP contribution < -0.4 is 5.73 Å². The molecule has 1 aromatic carbocycles. The number of rotatable bonds is 6. The van der Waals surface area contributed by atoms with Gasteiger partial charge in [0.2, 0.25) is 0 Å². The molecule has 0 saturated carbocycles. The van der Waals surface area contributed by atoms with Gasteiger partial charge in [0.1, 0.15) is 5.82 Å². The van der Waals surface area contributed by atoms with E-state index in [0.717, 1.165) is 30.7 Å². The number of imidazole rings is 1. The van der Waals surface area contributed by atoms with Crippen molar-refractivity contribution in [2.24, 2.45) is 12.8 Å². The fourth-order valence-corrected chi connectivity index (χ4v) is 2.59. The van der Waals surface area contributed by atoms with E-state index < -0.39 is 0 Å². The number of benzene rings is 1. The van der Waals surface area contributed by atoms with Crippen molar-refractivity contribution in [1.29, 1.82) is 0 Å². The lowest BCUT2D eigenvalue weighted by Gasteiger charge is -2.04. The molecule has 2 rings (SSSR count). The minimum absolute atomic E-state index is 0.463. The van der Waals surface area contributed by atoms with E-state index in [4.69, 9.17) is 10.7 Å². The first-order valence-electron chi connectivity index (χ1n) is 7.28. The second kappa shape index (κ2) is 6.20. The van der Waals surface area contributed by atoms with Crippen LogP contribution in [0.2, 0.25) is 0 Å². The van der Waals surface area contributed by atoms with Crippen molar-refractivity contribution < 1.29 is 0 Å². The zero-order chi connectivity index (χ0) is 13.8. The fraction of sp³-hybridized carbons (Fsp3) is 0.562. The minimum atomic E-state index is 0.463. The van der Waals surface area contributed by atoms with Gasteiger partial charge in [0.25, 0.3) is 0 Å². The van der Waals surface area contributed by atoms with Gasteiger partial charge in [-0.3, -0.25) is 0 Å². The van der Waals surface area contributed by atoms with Crippen LogP contribution >= 0.6 is 0 Å². The molecule has 1 aromatic heterocycles. The van der Waals surface area contributed by atoms with Gasteiger partial charge >= 0.3 is 0 Å². The van der Waals surface area contributed by atoms with E-state index >= 15 is 0 Å². The molecule has 19 heavy (non-hydrogen) atoms. The summed E-state index contributed by atoms with van der Waals surface area (Å²) in [5, 5.41) is 0. The minimum Gasteiger partial charge on any atom is -0.331 e. The number of nitrogens with two attached hydrogens (primary N) is 1. The summed E-state index contributed by atoms with van der Waals surface area (Å²) >= 11 is 0. The Morgan fingerprint density at radius 1 is 1.21 bits per heavy atom. The molecule has 0 aliphatic heterocycles. The van der Waals surface area contributed by atoms with Crippen LogP contribution in [0.5, 0.6) is 0 Å². The molecule has 0 atom stereocenters. The summed E-state index contributed by atoms with van der Waals surface area (Å²) in [5.41, 5.74) is 9.26. The maximum atomic E-state index is 5.52. The summed E-state index contributed by atoms with van der Waals surface area (Å²) in [4.78, 5) is 4.76. The number of hydrogen-bond donors (Lipinski definition) is 1. The van der Waals surface area contributed by atoms with E-state index in [1.165, 1.54) is 23.9 Å². The Hall–Kier alpha value is -1.35. The molecule has 0 fully saturated rings. The molecule has 0 spiro atoms. The standard InChI is InChI=1S/C16H25N3/c1-12(2)16-18-14-11-13(7-5-4-6-10-17)8-9-15(14)19(16)3/h8-9,11-12H,4-7,10,17H2,1-3H3. The summed E-state index contributed by atoms with van der Waals surface area (Å²) in [6.45, 7) is 5.18. The molecule has 2 aromatic rings. The van der Waals surface area contributed by atoms with Gasteiger partial charge in [-0.15, -0.1) is 0 Å². The normalized spacial score (nSPS) is 11.6. The molecule has 1 heterocycles. The molecular weight excluding hydrogens is 234 g/mol. The molecule has 0 radical (unpaired) electrons.